The molecule has 1 atom stereocenters. The van der Waals surface area contributed by atoms with Crippen LogP contribution in [0.25, 0.3) is 0 Å². The van der Waals surface area contributed by atoms with Gasteiger partial charge in [0.2, 0.25) is 0 Å². The number of fused-ring (bicyclic) bond motifs is 2. The van der Waals surface area contributed by atoms with Gasteiger partial charge in [-0.15, -0.1) is 0 Å². The van der Waals surface area contributed by atoms with E-state index in [0.717, 1.165) is 0 Å². The van der Waals surface area contributed by atoms with Crippen molar-refractivity contribution in [1.29, 1.82) is 0 Å². The molecule has 0 bridgehead atoms. The molecule has 0 fully saturated rings. The van der Waals surface area contributed by atoms with Gasteiger partial charge in [-0.2, -0.15) is 0 Å². The van der Waals surface area contributed by atoms with Crippen molar-refractivity contribution in [2.45, 2.75) is 42.2 Å². The normalized spacial score (nSPS) is 15.0. The molecule has 2 aromatic rings. The maximum Gasteiger partial charge on any atom is 0.0843 e. The van der Waals surface area contributed by atoms with Crippen molar-refractivity contribution in [2.75, 3.05) is 18.0 Å². The molecule has 2 aromatic carbocycles. The Balaban J connectivity index is 1.84. The van der Waals surface area contributed by atoms with Crippen LogP contribution in [0.15, 0.2) is 58.3 Å². The highest BCUT2D eigenvalue weighted by Gasteiger charge is 2.25. The molecule has 2 N–H and O–H groups in total. The van der Waals surface area contributed by atoms with Crippen LogP contribution in [-0.2, 0) is 0 Å². The number of β-amino-alcohol motifs (C(OH)–C–C–N with tert-alkyl or cyclic N) is 1. The summed E-state index contributed by atoms with van der Waals surface area (Å²) in [5.74, 6) is 0. The number of para-hydroxylation sites is 2. The van der Waals surface area contributed by atoms with Gasteiger partial charge in [0.25, 0.3) is 0 Å². The first-order valence-corrected chi connectivity index (χ1v) is 8.82. The van der Waals surface area contributed by atoms with E-state index in [9.17, 15) is 5.11 Å². The molecule has 1 unspecified atom stereocenters. The van der Waals surface area contributed by atoms with E-state index in [1.165, 1.54) is 21.2 Å². The van der Waals surface area contributed by atoms with Crippen LogP contribution in [0.5, 0.6) is 0 Å². The quantitative estimate of drug-likeness (QED) is 0.888. The highest BCUT2D eigenvalue weighted by molar-refractivity contribution is 7.99. The predicted molar refractivity (Wildman–Crippen MR) is 97.8 cm³/mol. The van der Waals surface area contributed by atoms with Gasteiger partial charge in [-0.1, -0.05) is 36.0 Å². The van der Waals surface area contributed by atoms with Gasteiger partial charge < -0.3 is 15.3 Å². The van der Waals surface area contributed by atoms with Gasteiger partial charge in [0.1, 0.15) is 0 Å². The summed E-state index contributed by atoms with van der Waals surface area (Å²) in [4.78, 5) is 4.71. The minimum atomic E-state index is -0.432. The topological polar surface area (TPSA) is 35.5 Å². The van der Waals surface area contributed by atoms with E-state index < -0.39 is 6.10 Å². The molecule has 1 aliphatic rings. The standard InChI is InChI=1S/C19H24N2OS/c1-19(2,3)20-12-14(22)13-21-15-8-4-6-10-17(15)23-18-11-7-5-9-16(18)21/h4-11,14,20,22H,12-13H2,1-3H3. The molecule has 3 rings (SSSR count). The lowest BCUT2D eigenvalue weighted by molar-refractivity contribution is 0.168. The smallest absolute Gasteiger partial charge is 0.0843 e. The lowest BCUT2D eigenvalue weighted by Gasteiger charge is -2.34. The Kier molecular flexibility index (Phi) is 4.67. The zero-order valence-corrected chi connectivity index (χ0v) is 14.7. The summed E-state index contributed by atoms with van der Waals surface area (Å²) in [7, 11) is 0. The van der Waals surface area contributed by atoms with Crippen molar-refractivity contribution in [3.8, 4) is 0 Å². The Hall–Kier alpha value is -1.49. The van der Waals surface area contributed by atoms with Gasteiger partial charge in [0, 0.05) is 21.9 Å². The lowest BCUT2D eigenvalue weighted by Crippen LogP contribution is -2.44. The first-order valence-electron chi connectivity index (χ1n) is 8.00. The van der Waals surface area contributed by atoms with Crippen molar-refractivity contribution in [2.24, 2.45) is 0 Å². The van der Waals surface area contributed by atoms with E-state index in [1.807, 2.05) is 0 Å². The van der Waals surface area contributed by atoms with Gasteiger partial charge >= 0.3 is 0 Å². The van der Waals surface area contributed by atoms with Crippen LogP contribution in [0.1, 0.15) is 20.8 Å². The third kappa shape index (κ3) is 3.89. The third-order valence-electron chi connectivity index (χ3n) is 3.79. The molecule has 1 aliphatic heterocycles. The van der Waals surface area contributed by atoms with Crippen LogP contribution in [0.3, 0.4) is 0 Å². The number of rotatable bonds is 4. The molecule has 23 heavy (non-hydrogen) atoms. The maximum atomic E-state index is 10.5. The Morgan fingerprint density at radius 1 is 1.00 bits per heavy atom. The molecule has 0 radical (unpaired) electrons. The number of nitrogens with one attached hydrogen (secondary N) is 1. The number of aliphatic hydroxyl groups excluding tert-OH is 1. The first kappa shape index (κ1) is 16.4. The first-order chi connectivity index (χ1) is 10.9. The Labute approximate surface area is 142 Å². The fourth-order valence-electron chi connectivity index (χ4n) is 2.68. The summed E-state index contributed by atoms with van der Waals surface area (Å²) in [5.41, 5.74) is 2.35. The molecule has 4 heteroatoms. The second-order valence-corrected chi connectivity index (χ2v) is 8.02. The molecule has 0 saturated carbocycles. The summed E-state index contributed by atoms with van der Waals surface area (Å²) in [6.07, 6.45) is -0.432. The SMILES string of the molecule is CC(C)(C)NCC(O)CN1c2ccccc2Sc2ccccc21. The molecule has 0 amide bonds. The fourth-order valence-corrected chi connectivity index (χ4v) is 3.77. The molecule has 0 aromatic heterocycles. The molecule has 0 spiro atoms. The Morgan fingerprint density at radius 3 is 2.04 bits per heavy atom. The van der Waals surface area contributed by atoms with E-state index in [0.29, 0.717) is 13.1 Å². The molecule has 0 saturated heterocycles. The Morgan fingerprint density at radius 2 is 1.52 bits per heavy atom. The lowest BCUT2D eigenvalue weighted by atomic mass is 10.1. The summed E-state index contributed by atoms with van der Waals surface area (Å²) < 4.78 is 0. The molecular formula is C19H24N2OS. The largest absolute Gasteiger partial charge is 0.390 e. The zero-order valence-electron chi connectivity index (χ0n) is 13.9. The number of hydrogen-bond donors (Lipinski definition) is 2. The van der Waals surface area contributed by atoms with E-state index in [-0.39, 0.29) is 5.54 Å². The van der Waals surface area contributed by atoms with Crippen LogP contribution < -0.4 is 10.2 Å². The van der Waals surface area contributed by atoms with E-state index in [1.54, 1.807) is 11.8 Å². The van der Waals surface area contributed by atoms with Crippen LogP contribution in [0.4, 0.5) is 11.4 Å². The average molecular weight is 328 g/mol. The van der Waals surface area contributed by atoms with Crippen molar-refractivity contribution in [3.05, 3.63) is 48.5 Å². The molecular weight excluding hydrogens is 304 g/mol. The van der Waals surface area contributed by atoms with E-state index in [2.05, 4.69) is 79.5 Å². The minimum Gasteiger partial charge on any atom is -0.390 e. The molecule has 122 valence electrons. The molecule has 1 heterocycles. The van der Waals surface area contributed by atoms with Crippen molar-refractivity contribution in [1.82, 2.24) is 5.32 Å². The molecule has 3 nitrogen and oxygen atoms in total. The van der Waals surface area contributed by atoms with Crippen molar-refractivity contribution < 1.29 is 5.11 Å². The second-order valence-electron chi connectivity index (χ2n) is 6.93. The van der Waals surface area contributed by atoms with E-state index >= 15 is 0 Å². The van der Waals surface area contributed by atoms with Crippen LogP contribution in [0.2, 0.25) is 0 Å². The molecule has 0 aliphatic carbocycles. The summed E-state index contributed by atoms with van der Waals surface area (Å²) in [6, 6.07) is 16.8. The highest BCUT2D eigenvalue weighted by atomic mass is 32.2. The third-order valence-corrected chi connectivity index (χ3v) is 4.92. The van der Waals surface area contributed by atoms with Crippen molar-refractivity contribution in [3.63, 3.8) is 0 Å². The maximum absolute atomic E-state index is 10.5. The number of benzene rings is 2. The number of anilines is 2. The Bertz CT molecular complexity index is 636. The number of nitrogens with zero attached hydrogens (tertiary/aromatic N) is 1. The van der Waals surface area contributed by atoms with Gasteiger partial charge in [-0.3, -0.25) is 0 Å². The van der Waals surface area contributed by atoms with Crippen LogP contribution in [0, 0.1) is 0 Å². The summed E-state index contributed by atoms with van der Waals surface area (Å²) >= 11 is 1.79. The predicted octanol–water partition coefficient (Wildman–Crippen LogP) is 4.04. The second kappa shape index (κ2) is 6.56. The van der Waals surface area contributed by atoms with E-state index in [4.69, 9.17) is 0 Å². The monoisotopic (exact) mass is 328 g/mol. The summed E-state index contributed by atoms with van der Waals surface area (Å²) in [6.45, 7) is 7.50. The van der Waals surface area contributed by atoms with Gasteiger partial charge in [-0.25, -0.2) is 0 Å². The van der Waals surface area contributed by atoms with Gasteiger partial charge in [0.15, 0.2) is 0 Å². The van der Waals surface area contributed by atoms with Crippen LogP contribution >= 0.6 is 11.8 Å². The summed E-state index contributed by atoms with van der Waals surface area (Å²) in [5, 5.41) is 13.9. The minimum absolute atomic E-state index is 0.00848. The number of hydrogen-bond acceptors (Lipinski definition) is 4. The van der Waals surface area contributed by atoms with Gasteiger partial charge in [-0.05, 0) is 45.0 Å². The zero-order chi connectivity index (χ0) is 16.4. The highest BCUT2D eigenvalue weighted by Crippen LogP contribution is 2.47. The average Bonchev–Trinajstić information content (AvgIpc) is 2.52. The number of aliphatic hydroxyl groups is 1. The van der Waals surface area contributed by atoms with Crippen molar-refractivity contribution >= 4 is 23.1 Å². The fraction of sp³-hybridized carbons (Fsp3) is 0.368. The van der Waals surface area contributed by atoms with Crippen LogP contribution in [-0.4, -0.2) is 29.8 Å². The van der Waals surface area contributed by atoms with Gasteiger partial charge in [0.05, 0.1) is 24.0 Å².